The molecule has 2 aromatic carbocycles. The van der Waals surface area contributed by atoms with Gasteiger partial charge in [-0.05, 0) is 23.8 Å². The van der Waals surface area contributed by atoms with Crippen LogP contribution in [0.15, 0.2) is 36.4 Å². The number of aromatic hydroxyl groups is 1. The summed E-state index contributed by atoms with van der Waals surface area (Å²) in [5.41, 5.74) is 1.02. The number of phenols is 1. The second-order valence-electron chi connectivity index (χ2n) is 5.18. The predicted octanol–water partition coefficient (Wildman–Crippen LogP) is 2.77. The summed E-state index contributed by atoms with van der Waals surface area (Å²) in [5.74, 6) is 0.386. The topological polar surface area (TPSA) is 32.7 Å². The van der Waals surface area contributed by atoms with Crippen LogP contribution < -0.4 is 0 Å². The molecule has 1 N–H and O–H groups in total. The molecular weight excluding hydrogens is 238 g/mol. The minimum absolute atomic E-state index is 0.386. The van der Waals surface area contributed by atoms with Crippen molar-refractivity contribution in [2.45, 2.75) is 19.5 Å². The van der Waals surface area contributed by atoms with Crippen LogP contribution in [0.4, 0.5) is 0 Å². The van der Waals surface area contributed by atoms with E-state index in [0.29, 0.717) is 11.8 Å². The van der Waals surface area contributed by atoms with Crippen LogP contribution in [0.2, 0.25) is 0 Å². The number of rotatable bonds is 2. The molecule has 0 aromatic heterocycles. The monoisotopic (exact) mass is 257 g/mol. The van der Waals surface area contributed by atoms with Crippen molar-refractivity contribution in [3.05, 3.63) is 42.0 Å². The first-order chi connectivity index (χ1) is 9.25. The van der Waals surface area contributed by atoms with Crippen molar-refractivity contribution in [3.63, 3.8) is 0 Å². The zero-order valence-corrected chi connectivity index (χ0v) is 11.2. The molecule has 1 fully saturated rings. The molecule has 0 bridgehead atoms. The van der Waals surface area contributed by atoms with E-state index in [1.807, 2.05) is 18.2 Å². The quantitative estimate of drug-likeness (QED) is 0.898. The first kappa shape index (κ1) is 12.5. The molecule has 0 spiro atoms. The van der Waals surface area contributed by atoms with Gasteiger partial charge < -0.3 is 9.84 Å². The third-order valence-electron chi connectivity index (χ3n) is 3.88. The largest absolute Gasteiger partial charge is 0.508 e. The van der Waals surface area contributed by atoms with Crippen molar-refractivity contribution in [1.29, 1.82) is 0 Å². The molecule has 1 aliphatic heterocycles. The molecule has 19 heavy (non-hydrogen) atoms. The maximum Gasteiger partial charge on any atom is 0.120 e. The number of phenolic OH excluding ortho intramolecular Hbond substituents is 1. The Balaban J connectivity index is 1.97. The molecule has 2 aromatic rings. The fourth-order valence-corrected chi connectivity index (χ4v) is 2.69. The fraction of sp³-hybridized carbons (Fsp3) is 0.375. The lowest BCUT2D eigenvalue weighted by Gasteiger charge is -2.33. The summed E-state index contributed by atoms with van der Waals surface area (Å²) in [6.45, 7) is 5.41. The molecule has 1 atom stereocenters. The highest BCUT2D eigenvalue weighted by atomic mass is 16.5. The molecule has 1 heterocycles. The van der Waals surface area contributed by atoms with E-state index in [1.54, 1.807) is 6.07 Å². The lowest BCUT2D eigenvalue weighted by molar-refractivity contribution is -0.00444. The van der Waals surface area contributed by atoms with Crippen LogP contribution in [0.5, 0.6) is 5.75 Å². The van der Waals surface area contributed by atoms with Gasteiger partial charge in [0, 0.05) is 24.7 Å². The highest BCUT2D eigenvalue weighted by molar-refractivity contribution is 5.87. The molecule has 3 nitrogen and oxygen atoms in total. The van der Waals surface area contributed by atoms with Crippen LogP contribution in [0.25, 0.3) is 10.8 Å². The summed E-state index contributed by atoms with van der Waals surface area (Å²) in [5, 5.41) is 12.5. The summed E-state index contributed by atoms with van der Waals surface area (Å²) in [4.78, 5) is 2.37. The van der Waals surface area contributed by atoms with Crippen molar-refractivity contribution in [2.24, 2.45) is 0 Å². The standard InChI is InChI=1S/C16H19NO2/c1-12-11-19-9-8-17(12)10-15-14-5-3-2-4-13(14)6-7-16(15)18/h2-7,12,18H,8-11H2,1H3. The van der Waals surface area contributed by atoms with E-state index in [-0.39, 0.29) is 0 Å². The zero-order valence-electron chi connectivity index (χ0n) is 11.2. The van der Waals surface area contributed by atoms with Crippen LogP contribution in [0.1, 0.15) is 12.5 Å². The molecule has 0 amide bonds. The minimum atomic E-state index is 0.386. The van der Waals surface area contributed by atoms with E-state index in [1.165, 1.54) is 5.39 Å². The molecule has 1 saturated heterocycles. The SMILES string of the molecule is CC1COCCN1Cc1c(O)ccc2ccccc12. The van der Waals surface area contributed by atoms with Gasteiger partial charge in [-0.2, -0.15) is 0 Å². The Morgan fingerprint density at radius 1 is 1.26 bits per heavy atom. The van der Waals surface area contributed by atoms with Crippen LogP contribution in [-0.2, 0) is 11.3 Å². The Morgan fingerprint density at radius 3 is 2.95 bits per heavy atom. The number of ether oxygens (including phenoxy) is 1. The maximum atomic E-state index is 10.2. The molecular formula is C16H19NO2. The van der Waals surface area contributed by atoms with Crippen molar-refractivity contribution >= 4 is 10.8 Å². The van der Waals surface area contributed by atoms with Crippen LogP contribution >= 0.6 is 0 Å². The summed E-state index contributed by atoms with van der Waals surface area (Å²) < 4.78 is 5.46. The summed E-state index contributed by atoms with van der Waals surface area (Å²) >= 11 is 0. The molecule has 3 heteroatoms. The summed E-state index contributed by atoms with van der Waals surface area (Å²) in [6.07, 6.45) is 0. The normalized spacial score (nSPS) is 20.8. The molecule has 1 aliphatic rings. The highest BCUT2D eigenvalue weighted by Crippen LogP contribution is 2.29. The van der Waals surface area contributed by atoms with Gasteiger partial charge in [-0.25, -0.2) is 0 Å². The van der Waals surface area contributed by atoms with Crippen molar-refractivity contribution < 1.29 is 9.84 Å². The number of hydrogen-bond acceptors (Lipinski definition) is 3. The van der Waals surface area contributed by atoms with Crippen LogP contribution in [-0.4, -0.2) is 35.8 Å². The lowest BCUT2D eigenvalue weighted by atomic mass is 10.0. The average molecular weight is 257 g/mol. The smallest absolute Gasteiger partial charge is 0.120 e. The van der Waals surface area contributed by atoms with E-state index in [0.717, 1.165) is 37.3 Å². The number of fused-ring (bicyclic) bond motifs is 1. The van der Waals surface area contributed by atoms with E-state index in [4.69, 9.17) is 4.74 Å². The Kier molecular flexibility index (Phi) is 3.40. The van der Waals surface area contributed by atoms with Gasteiger partial charge in [0.2, 0.25) is 0 Å². The first-order valence-electron chi connectivity index (χ1n) is 6.77. The highest BCUT2D eigenvalue weighted by Gasteiger charge is 2.20. The molecule has 0 radical (unpaired) electrons. The third-order valence-corrected chi connectivity index (χ3v) is 3.88. The number of morpholine rings is 1. The van der Waals surface area contributed by atoms with E-state index < -0.39 is 0 Å². The van der Waals surface area contributed by atoms with Gasteiger partial charge in [0.1, 0.15) is 5.75 Å². The third kappa shape index (κ3) is 2.44. The molecule has 3 rings (SSSR count). The zero-order chi connectivity index (χ0) is 13.2. The van der Waals surface area contributed by atoms with Crippen LogP contribution in [0, 0.1) is 0 Å². The average Bonchev–Trinajstić information content (AvgIpc) is 2.44. The molecule has 0 aliphatic carbocycles. The molecule has 100 valence electrons. The minimum Gasteiger partial charge on any atom is -0.508 e. The first-order valence-corrected chi connectivity index (χ1v) is 6.77. The predicted molar refractivity (Wildman–Crippen MR) is 76.3 cm³/mol. The lowest BCUT2D eigenvalue weighted by Crippen LogP contribution is -2.42. The van der Waals surface area contributed by atoms with Crippen molar-refractivity contribution in [1.82, 2.24) is 4.90 Å². The van der Waals surface area contributed by atoms with Crippen molar-refractivity contribution in [2.75, 3.05) is 19.8 Å². The van der Waals surface area contributed by atoms with E-state index in [9.17, 15) is 5.11 Å². The summed E-state index contributed by atoms with van der Waals surface area (Å²) in [7, 11) is 0. The van der Waals surface area contributed by atoms with Gasteiger partial charge in [0.15, 0.2) is 0 Å². The molecule has 0 saturated carbocycles. The van der Waals surface area contributed by atoms with Crippen LogP contribution in [0.3, 0.4) is 0 Å². The van der Waals surface area contributed by atoms with Gasteiger partial charge >= 0.3 is 0 Å². The summed E-state index contributed by atoms with van der Waals surface area (Å²) in [6, 6.07) is 12.4. The van der Waals surface area contributed by atoms with Crippen molar-refractivity contribution in [3.8, 4) is 5.75 Å². The Morgan fingerprint density at radius 2 is 2.11 bits per heavy atom. The second-order valence-corrected chi connectivity index (χ2v) is 5.18. The van der Waals surface area contributed by atoms with Gasteiger partial charge in [0.05, 0.1) is 13.2 Å². The van der Waals surface area contributed by atoms with Gasteiger partial charge in [-0.1, -0.05) is 30.3 Å². The number of benzene rings is 2. The Hall–Kier alpha value is -1.58. The van der Waals surface area contributed by atoms with Gasteiger partial charge in [0.25, 0.3) is 0 Å². The Labute approximate surface area is 113 Å². The fourth-order valence-electron chi connectivity index (χ4n) is 2.69. The maximum absolute atomic E-state index is 10.2. The van der Waals surface area contributed by atoms with Gasteiger partial charge in [-0.15, -0.1) is 0 Å². The number of hydrogen-bond donors (Lipinski definition) is 1. The Bertz CT molecular complexity index is 582. The van der Waals surface area contributed by atoms with Gasteiger partial charge in [-0.3, -0.25) is 4.90 Å². The van der Waals surface area contributed by atoms with E-state index >= 15 is 0 Å². The second kappa shape index (κ2) is 5.19. The van der Waals surface area contributed by atoms with E-state index in [2.05, 4.69) is 24.0 Å². The number of nitrogens with zero attached hydrogens (tertiary/aromatic N) is 1. The molecule has 1 unspecified atom stereocenters.